The van der Waals surface area contributed by atoms with Gasteiger partial charge in [-0.05, 0) is 75.6 Å². The predicted molar refractivity (Wildman–Crippen MR) is 131 cm³/mol. The van der Waals surface area contributed by atoms with Crippen molar-refractivity contribution in [2.75, 3.05) is 18.5 Å². The third-order valence-electron chi connectivity index (χ3n) is 6.94. The number of hydrogen-bond acceptors (Lipinski definition) is 4. The molecular weight excluding hydrogens is 421 g/mol. The summed E-state index contributed by atoms with van der Waals surface area (Å²) in [5.41, 5.74) is 6.99. The van der Waals surface area contributed by atoms with Crippen molar-refractivity contribution in [1.29, 1.82) is 0 Å². The molecule has 0 radical (unpaired) electrons. The van der Waals surface area contributed by atoms with Gasteiger partial charge >= 0.3 is 0 Å². The van der Waals surface area contributed by atoms with Gasteiger partial charge in [0.05, 0.1) is 6.61 Å². The van der Waals surface area contributed by atoms with Gasteiger partial charge in [0.25, 0.3) is 0 Å². The molecule has 1 aromatic rings. The van der Waals surface area contributed by atoms with Gasteiger partial charge in [0.15, 0.2) is 0 Å². The van der Waals surface area contributed by atoms with Crippen LogP contribution in [0.15, 0.2) is 24.3 Å². The van der Waals surface area contributed by atoms with Crippen LogP contribution < -0.4 is 21.1 Å². The van der Waals surface area contributed by atoms with Gasteiger partial charge < -0.3 is 21.1 Å². The lowest BCUT2D eigenvalue weighted by atomic mass is 9.57. The number of hydrogen-bond donors (Lipinski definition) is 3. The first-order valence-electron chi connectivity index (χ1n) is 12.5. The maximum absolute atomic E-state index is 12.8. The molecule has 33 heavy (non-hydrogen) atoms. The van der Waals surface area contributed by atoms with E-state index in [9.17, 15) is 14.0 Å². The molecule has 0 aliphatic heterocycles. The van der Waals surface area contributed by atoms with E-state index in [2.05, 4.69) is 17.6 Å². The summed E-state index contributed by atoms with van der Waals surface area (Å²) in [6.07, 6.45) is 10.2. The highest BCUT2D eigenvalue weighted by atomic mass is 19.1. The van der Waals surface area contributed by atoms with Gasteiger partial charge in [0, 0.05) is 23.2 Å². The van der Waals surface area contributed by atoms with Gasteiger partial charge in [-0.25, -0.2) is 4.39 Å². The molecule has 4 N–H and O–H groups in total. The Morgan fingerprint density at radius 1 is 1.09 bits per heavy atom. The minimum atomic E-state index is -0.875. The van der Waals surface area contributed by atoms with E-state index in [1.54, 1.807) is 0 Å². The van der Waals surface area contributed by atoms with Crippen LogP contribution in [0, 0.1) is 5.41 Å². The first kappa shape index (κ1) is 27.1. The fourth-order valence-corrected chi connectivity index (χ4v) is 4.59. The van der Waals surface area contributed by atoms with Crippen molar-refractivity contribution in [3.63, 3.8) is 0 Å². The largest absolute Gasteiger partial charge is 0.494 e. The third kappa shape index (κ3) is 8.61. The number of alkyl halides is 1. The van der Waals surface area contributed by atoms with E-state index in [4.69, 9.17) is 10.5 Å². The van der Waals surface area contributed by atoms with E-state index in [1.807, 2.05) is 31.2 Å². The molecule has 3 fully saturated rings. The first-order valence-corrected chi connectivity index (χ1v) is 12.5. The first-order chi connectivity index (χ1) is 15.9. The summed E-state index contributed by atoms with van der Waals surface area (Å²) >= 11 is 0. The van der Waals surface area contributed by atoms with E-state index in [-0.39, 0.29) is 23.4 Å². The molecular formula is C26H42FN3O3. The second-order valence-corrected chi connectivity index (χ2v) is 9.59. The number of benzene rings is 1. The summed E-state index contributed by atoms with van der Waals surface area (Å²) in [6.45, 7) is 5.00. The van der Waals surface area contributed by atoms with Crippen LogP contribution in [-0.4, -0.2) is 37.2 Å². The molecule has 2 bridgehead atoms. The molecule has 6 nitrogen and oxygen atoms in total. The Balaban J connectivity index is 0.000000365. The molecule has 3 aliphatic carbocycles. The van der Waals surface area contributed by atoms with E-state index in [0.29, 0.717) is 12.8 Å². The molecule has 3 aliphatic rings. The second-order valence-electron chi connectivity index (χ2n) is 9.59. The molecule has 0 aromatic heterocycles. The maximum Gasteiger partial charge on any atom is 0.230 e. The Morgan fingerprint density at radius 2 is 1.73 bits per heavy atom. The number of rotatable bonds is 12. The average molecular weight is 464 g/mol. The number of anilines is 1. The van der Waals surface area contributed by atoms with Gasteiger partial charge in [-0.1, -0.05) is 33.1 Å². The Morgan fingerprint density at radius 3 is 2.27 bits per heavy atom. The van der Waals surface area contributed by atoms with Crippen LogP contribution in [0.25, 0.3) is 0 Å². The molecule has 4 rings (SSSR count). The Bertz CT molecular complexity index is 701. The molecule has 1 aromatic carbocycles. The molecule has 3 saturated carbocycles. The second kappa shape index (κ2) is 13.5. The number of amides is 2. The van der Waals surface area contributed by atoms with Crippen LogP contribution in [0.3, 0.4) is 0 Å². The highest BCUT2D eigenvalue weighted by Crippen LogP contribution is 2.51. The average Bonchev–Trinajstić information content (AvgIpc) is 2.83. The molecule has 1 unspecified atom stereocenters. The van der Waals surface area contributed by atoms with Crippen LogP contribution in [0.1, 0.15) is 84.5 Å². The topological polar surface area (TPSA) is 93.5 Å². The summed E-state index contributed by atoms with van der Waals surface area (Å²) in [7, 11) is 0. The normalized spacial score (nSPS) is 24.2. The minimum absolute atomic E-state index is 0.00120. The number of ether oxygens (including phenoxy) is 1. The van der Waals surface area contributed by atoms with Crippen molar-refractivity contribution >= 4 is 18.0 Å². The molecule has 7 heteroatoms. The zero-order valence-electron chi connectivity index (χ0n) is 20.3. The summed E-state index contributed by atoms with van der Waals surface area (Å²) in [4.78, 5) is 22.4. The number of unbranched alkanes of at least 4 members (excludes halogenated alkanes) is 2. The molecule has 1 atom stereocenters. The fraction of sp³-hybridized carbons (Fsp3) is 0.692. The summed E-state index contributed by atoms with van der Waals surface area (Å²) in [6, 6.07) is 7.74. The zero-order chi connectivity index (χ0) is 24.2. The minimum Gasteiger partial charge on any atom is -0.494 e. The van der Waals surface area contributed by atoms with Crippen molar-refractivity contribution in [2.24, 2.45) is 11.1 Å². The monoisotopic (exact) mass is 463 g/mol. The lowest BCUT2D eigenvalue weighted by Gasteiger charge is -2.50. The lowest BCUT2D eigenvalue weighted by molar-refractivity contribution is -0.131. The van der Waals surface area contributed by atoms with Gasteiger partial charge in [0.1, 0.15) is 11.9 Å². The number of fused-ring (bicyclic) bond motifs is 3. The number of nitrogens with two attached hydrogens (primary N) is 1. The van der Waals surface area contributed by atoms with E-state index >= 15 is 0 Å². The predicted octanol–water partition coefficient (Wildman–Crippen LogP) is 5.12. The van der Waals surface area contributed by atoms with Crippen LogP contribution in [-0.2, 0) is 9.59 Å². The van der Waals surface area contributed by atoms with Gasteiger partial charge in [0.2, 0.25) is 12.3 Å². The van der Waals surface area contributed by atoms with Crippen molar-refractivity contribution in [1.82, 2.24) is 5.32 Å². The number of nitrogens with one attached hydrogen (secondary N) is 2. The Hall–Kier alpha value is -2.15. The SMILES string of the molecule is CCCC(F)CNC=O.CCCCCOc1ccc(NC(=O)C23CCC(N)(CC2)CC3)cc1. The molecule has 0 saturated heterocycles. The Kier molecular flexibility index (Phi) is 11.1. The molecule has 0 spiro atoms. The number of carbonyl (C=O) groups is 2. The fourth-order valence-electron chi connectivity index (χ4n) is 4.59. The molecule has 2 amide bonds. The maximum atomic E-state index is 12.8. The van der Waals surface area contributed by atoms with Crippen molar-refractivity contribution in [2.45, 2.75) is 96.2 Å². The van der Waals surface area contributed by atoms with Crippen molar-refractivity contribution in [3.05, 3.63) is 24.3 Å². The summed E-state index contributed by atoms with van der Waals surface area (Å²) in [5, 5.41) is 5.39. The van der Waals surface area contributed by atoms with Crippen LogP contribution >= 0.6 is 0 Å². The summed E-state index contributed by atoms with van der Waals surface area (Å²) in [5.74, 6) is 1.03. The molecule has 186 valence electrons. The van der Waals surface area contributed by atoms with E-state index in [0.717, 1.165) is 69.4 Å². The summed E-state index contributed by atoms with van der Waals surface area (Å²) < 4.78 is 18.1. The highest BCUT2D eigenvalue weighted by molar-refractivity contribution is 5.95. The van der Waals surface area contributed by atoms with Gasteiger partial charge in [-0.15, -0.1) is 0 Å². The molecule has 0 heterocycles. The van der Waals surface area contributed by atoms with Gasteiger partial charge in [-0.3, -0.25) is 9.59 Å². The highest BCUT2D eigenvalue weighted by Gasteiger charge is 2.50. The van der Waals surface area contributed by atoms with Crippen LogP contribution in [0.2, 0.25) is 0 Å². The standard InChI is InChI=1S/C20H30N2O2.C6H12FNO/c1-2-3-4-15-24-17-7-5-16(6-8-17)22-18(23)19-9-12-20(21,13-10-19)14-11-19;1-2-3-6(7)4-8-5-9/h5-8H,2-4,9-15,21H2,1H3,(H,22,23);5-6H,2-4H2,1H3,(H,8,9). The van der Waals surface area contributed by atoms with Crippen LogP contribution in [0.5, 0.6) is 5.75 Å². The van der Waals surface area contributed by atoms with Crippen molar-refractivity contribution < 1.29 is 18.7 Å². The Labute approximate surface area is 198 Å². The zero-order valence-corrected chi connectivity index (χ0v) is 20.3. The number of halogens is 1. The van der Waals surface area contributed by atoms with Crippen molar-refractivity contribution in [3.8, 4) is 5.75 Å². The van der Waals surface area contributed by atoms with E-state index in [1.165, 1.54) is 12.8 Å². The third-order valence-corrected chi connectivity index (χ3v) is 6.94. The quantitative estimate of drug-likeness (QED) is 0.296. The van der Waals surface area contributed by atoms with Gasteiger partial charge in [-0.2, -0.15) is 0 Å². The lowest BCUT2D eigenvalue weighted by Crippen LogP contribution is -2.55. The van der Waals surface area contributed by atoms with Crippen LogP contribution in [0.4, 0.5) is 10.1 Å². The smallest absolute Gasteiger partial charge is 0.230 e. The van der Waals surface area contributed by atoms with E-state index < -0.39 is 6.17 Å². The number of carbonyl (C=O) groups excluding carboxylic acids is 2.